The number of likely N-dealkylation sites (N-methyl/N-ethyl adjacent to an activating group) is 1. The van der Waals surface area contributed by atoms with E-state index in [1.54, 1.807) is 33.0 Å². The third-order valence-electron chi connectivity index (χ3n) is 2.69. The van der Waals surface area contributed by atoms with E-state index in [9.17, 15) is 9.59 Å². The van der Waals surface area contributed by atoms with Gasteiger partial charge in [0, 0.05) is 7.05 Å². The van der Waals surface area contributed by atoms with Crippen LogP contribution < -0.4 is 10.6 Å². The Labute approximate surface area is 99.1 Å². The summed E-state index contributed by atoms with van der Waals surface area (Å²) in [6.45, 7) is 3.10. The van der Waals surface area contributed by atoms with Gasteiger partial charge in [-0.05, 0) is 26.0 Å². The molecule has 1 amide bonds. The van der Waals surface area contributed by atoms with Crippen LogP contribution in [0.15, 0.2) is 18.2 Å². The largest absolute Gasteiger partial charge is 0.480 e. The van der Waals surface area contributed by atoms with Gasteiger partial charge in [0.15, 0.2) is 0 Å². The first kappa shape index (κ1) is 13.0. The van der Waals surface area contributed by atoms with Gasteiger partial charge in [0.05, 0.1) is 0 Å². The van der Waals surface area contributed by atoms with Crippen molar-refractivity contribution >= 4 is 17.7 Å². The third-order valence-corrected chi connectivity index (χ3v) is 2.69. The molecule has 0 unspecified atom stereocenters. The molecule has 0 radical (unpaired) electrons. The quantitative estimate of drug-likeness (QED) is 0.793. The maximum atomic E-state index is 11.1. The summed E-state index contributed by atoms with van der Waals surface area (Å²) in [7, 11) is 1.60. The summed E-state index contributed by atoms with van der Waals surface area (Å²) in [5.74, 6) is -1.24. The third kappa shape index (κ3) is 2.52. The molecule has 1 heterocycles. The molecule has 0 aromatic carbocycles. The van der Waals surface area contributed by atoms with Crippen molar-refractivity contribution < 1.29 is 14.7 Å². The van der Waals surface area contributed by atoms with Gasteiger partial charge < -0.3 is 15.7 Å². The van der Waals surface area contributed by atoms with Gasteiger partial charge in [-0.3, -0.25) is 4.79 Å². The smallest absolute Gasteiger partial charge is 0.328 e. The Hall–Kier alpha value is -2.11. The Kier molecular flexibility index (Phi) is 3.36. The summed E-state index contributed by atoms with van der Waals surface area (Å²) in [5, 5.41) is 9.09. The van der Waals surface area contributed by atoms with E-state index in [-0.39, 0.29) is 5.69 Å². The number of nitrogens with two attached hydrogens (primary N) is 1. The molecule has 0 saturated heterocycles. The van der Waals surface area contributed by atoms with Gasteiger partial charge in [0.1, 0.15) is 17.1 Å². The van der Waals surface area contributed by atoms with Crippen LogP contribution in [-0.2, 0) is 4.79 Å². The van der Waals surface area contributed by atoms with E-state index in [0.717, 1.165) is 0 Å². The maximum Gasteiger partial charge on any atom is 0.328 e. The second-order valence-electron chi connectivity index (χ2n) is 4.17. The minimum Gasteiger partial charge on any atom is -0.480 e. The Balaban J connectivity index is 3.13. The Morgan fingerprint density at radius 3 is 2.47 bits per heavy atom. The highest BCUT2D eigenvalue weighted by atomic mass is 16.4. The van der Waals surface area contributed by atoms with E-state index in [2.05, 4.69) is 4.98 Å². The summed E-state index contributed by atoms with van der Waals surface area (Å²) in [4.78, 5) is 27.6. The number of carboxylic acids is 1. The van der Waals surface area contributed by atoms with Gasteiger partial charge >= 0.3 is 5.97 Å². The van der Waals surface area contributed by atoms with E-state index in [4.69, 9.17) is 10.8 Å². The van der Waals surface area contributed by atoms with Crippen LogP contribution in [0.5, 0.6) is 0 Å². The number of aromatic nitrogens is 1. The van der Waals surface area contributed by atoms with Crippen LogP contribution in [0.1, 0.15) is 24.3 Å². The molecule has 92 valence electrons. The lowest BCUT2D eigenvalue weighted by Crippen LogP contribution is -2.48. The predicted octanol–water partition coefficient (Wildman–Crippen LogP) is 0.480. The van der Waals surface area contributed by atoms with Crippen molar-refractivity contribution in [3.05, 3.63) is 23.9 Å². The lowest BCUT2D eigenvalue weighted by Gasteiger charge is -2.32. The van der Waals surface area contributed by atoms with E-state index < -0.39 is 17.4 Å². The molecule has 1 aromatic heterocycles. The second-order valence-corrected chi connectivity index (χ2v) is 4.17. The molecule has 0 bridgehead atoms. The molecule has 0 saturated carbocycles. The number of anilines is 1. The molecule has 1 rings (SSSR count). The molecule has 6 heteroatoms. The molecule has 0 aliphatic rings. The molecular weight excluding hydrogens is 222 g/mol. The van der Waals surface area contributed by atoms with E-state index in [1.807, 2.05) is 0 Å². The summed E-state index contributed by atoms with van der Waals surface area (Å²) in [6, 6.07) is 4.71. The van der Waals surface area contributed by atoms with Gasteiger partial charge in [-0.2, -0.15) is 0 Å². The van der Waals surface area contributed by atoms with Crippen LogP contribution in [0.4, 0.5) is 5.82 Å². The number of carbonyl (C=O) groups excluding carboxylic acids is 1. The van der Waals surface area contributed by atoms with Gasteiger partial charge in [0.25, 0.3) is 5.91 Å². The second kappa shape index (κ2) is 4.40. The Bertz CT molecular complexity index is 457. The SMILES string of the molecule is CN(c1cccc(C(N)=O)n1)C(C)(C)C(=O)O. The van der Waals surface area contributed by atoms with E-state index in [0.29, 0.717) is 5.82 Å². The van der Waals surface area contributed by atoms with Crippen LogP contribution in [0.3, 0.4) is 0 Å². The highest BCUT2D eigenvalue weighted by molar-refractivity contribution is 5.91. The van der Waals surface area contributed by atoms with Gasteiger partial charge in [-0.25, -0.2) is 9.78 Å². The van der Waals surface area contributed by atoms with Crippen molar-refractivity contribution in [2.45, 2.75) is 19.4 Å². The average Bonchev–Trinajstić information content (AvgIpc) is 2.27. The molecule has 0 atom stereocenters. The molecule has 17 heavy (non-hydrogen) atoms. The van der Waals surface area contributed by atoms with Crippen molar-refractivity contribution in [2.75, 3.05) is 11.9 Å². The molecule has 3 N–H and O–H groups in total. The van der Waals surface area contributed by atoms with Crippen molar-refractivity contribution in [1.29, 1.82) is 0 Å². The summed E-state index contributed by atoms with van der Waals surface area (Å²) < 4.78 is 0. The number of carbonyl (C=O) groups is 2. The van der Waals surface area contributed by atoms with Crippen molar-refractivity contribution in [3.8, 4) is 0 Å². The molecule has 1 aromatic rings. The van der Waals surface area contributed by atoms with E-state index in [1.165, 1.54) is 11.0 Å². The first-order valence-corrected chi connectivity index (χ1v) is 5.01. The maximum absolute atomic E-state index is 11.1. The minimum atomic E-state index is -1.12. The molecule has 0 aliphatic carbocycles. The van der Waals surface area contributed by atoms with Gasteiger partial charge in [-0.15, -0.1) is 0 Å². The summed E-state index contributed by atoms with van der Waals surface area (Å²) in [5.41, 5.74) is 4.10. The highest BCUT2D eigenvalue weighted by Gasteiger charge is 2.33. The normalized spacial score (nSPS) is 11.0. The predicted molar refractivity (Wildman–Crippen MR) is 62.9 cm³/mol. The van der Waals surface area contributed by atoms with Crippen LogP contribution in [0, 0.1) is 0 Å². The highest BCUT2D eigenvalue weighted by Crippen LogP contribution is 2.20. The average molecular weight is 237 g/mol. The zero-order valence-electron chi connectivity index (χ0n) is 9.97. The van der Waals surface area contributed by atoms with Crippen molar-refractivity contribution in [2.24, 2.45) is 5.73 Å². The number of carboxylic acid groups (broad SMARTS) is 1. The zero-order valence-corrected chi connectivity index (χ0v) is 9.97. The van der Waals surface area contributed by atoms with Crippen LogP contribution in [0.2, 0.25) is 0 Å². The molecular formula is C11H15N3O3. The van der Waals surface area contributed by atoms with Gasteiger partial charge in [0.2, 0.25) is 0 Å². The number of aliphatic carboxylic acids is 1. The fourth-order valence-electron chi connectivity index (χ4n) is 1.18. The first-order chi connectivity index (χ1) is 7.76. The first-order valence-electron chi connectivity index (χ1n) is 5.01. The monoisotopic (exact) mass is 237 g/mol. The summed E-state index contributed by atoms with van der Waals surface area (Å²) in [6.07, 6.45) is 0. The number of hydrogen-bond donors (Lipinski definition) is 2. The lowest BCUT2D eigenvalue weighted by molar-refractivity contribution is -0.142. The van der Waals surface area contributed by atoms with Crippen LogP contribution >= 0.6 is 0 Å². The number of amides is 1. The number of nitrogens with zero attached hydrogens (tertiary/aromatic N) is 2. The minimum absolute atomic E-state index is 0.107. The fraction of sp³-hybridized carbons (Fsp3) is 0.364. The summed E-state index contributed by atoms with van der Waals surface area (Å²) >= 11 is 0. The molecule has 0 aliphatic heterocycles. The van der Waals surface area contributed by atoms with Crippen LogP contribution in [0.25, 0.3) is 0 Å². The fourth-order valence-corrected chi connectivity index (χ4v) is 1.18. The van der Waals surface area contributed by atoms with E-state index >= 15 is 0 Å². The zero-order chi connectivity index (χ0) is 13.2. The Morgan fingerprint density at radius 2 is 2.00 bits per heavy atom. The topological polar surface area (TPSA) is 96.5 Å². The molecule has 0 spiro atoms. The number of hydrogen-bond acceptors (Lipinski definition) is 4. The van der Waals surface area contributed by atoms with Crippen molar-refractivity contribution in [1.82, 2.24) is 4.98 Å². The molecule has 0 fully saturated rings. The van der Waals surface area contributed by atoms with Gasteiger partial charge in [-0.1, -0.05) is 6.07 Å². The number of pyridine rings is 1. The van der Waals surface area contributed by atoms with Crippen LogP contribution in [-0.4, -0.2) is 34.6 Å². The number of primary amides is 1. The molecule has 6 nitrogen and oxygen atoms in total. The number of rotatable bonds is 4. The lowest BCUT2D eigenvalue weighted by atomic mass is 10.0. The Morgan fingerprint density at radius 1 is 1.41 bits per heavy atom. The standard InChI is InChI=1S/C11H15N3O3/c1-11(2,10(16)17)14(3)8-6-4-5-7(13-8)9(12)15/h4-6H,1-3H3,(H2,12,15)(H,16,17). The van der Waals surface area contributed by atoms with Crippen molar-refractivity contribution in [3.63, 3.8) is 0 Å².